The minimum absolute atomic E-state index is 0.850. The van der Waals surface area contributed by atoms with Gasteiger partial charge in [0.1, 0.15) is 0 Å². The molecule has 3 nitrogen and oxygen atoms in total. The van der Waals surface area contributed by atoms with E-state index in [2.05, 4.69) is 27.4 Å². The molecular weight excluding hydrogens is 186 g/mol. The number of nitrogens with one attached hydrogen (secondary N) is 2. The van der Waals surface area contributed by atoms with Gasteiger partial charge in [0.2, 0.25) is 0 Å². The summed E-state index contributed by atoms with van der Waals surface area (Å²) >= 11 is 0. The Kier molecular flexibility index (Phi) is 3.41. The minimum Gasteiger partial charge on any atom is -0.308 e. The maximum absolute atomic E-state index is 4.06. The van der Waals surface area contributed by atoms with Crippen LogP contribution >= 0.6 is 0 Å². The van der Waals surface area contributed by atoms with Gasteiger partial charge in [-0.3, -0.25) is 4.98 Å². The van der Waals surface area contributed by atoms with Crippen LogP contribution in [-0.4, -0.2) is 4.98 Å². The van der Waals surface area contributed by atoms with Crippen LogP contribution in [0.5, 0.6) is 0 Å². The van der Waals surface area contributed by atoms with Crippen LogP contribution in [0.4, 0.5) is 0 Å². The second kappa shape index (κ2) is 5.22. The molecule has 3 heteroatoms. The largest absolute Gasteiger partial charge is 0.308 e. The van der Waals surface area contributed by atoms with Crippen molar-refractivity contribution in [3.63, 3.8) is 0 Å². The molecule has 0 aliphatic carbocycles. The van der Waals surface area contributed by atoms with E-state index in [1.54, 1.807) is 6.20 Å². The van der Waals surface area contributed by atoms with Crippen molar-refractivity contribution in [3.8, 4) is 0 Å². The van der Waals surface area contributed by atoms with E-state index < -0.39 is 0 Å². The average Bonchev–Trinajstić information content (AvgIpc) is 2.32. The maximum atomic E-state index is 4.06. The number of rotatable bonds is 4. The molecule has 0 amide bonds. The lowest BCUT2D eigenvalue weighted by atomic mass is 10.2. The molecule has 15 heavy (non-hydrogen) atoms. The van der Waals surface area contributed by atoms with Crippen LogP contribution in [0.15, 0.2) is 49.1 Å². The van der Waals surface area contributed by atoms with Gasteiger partial charge in [-0.25, -0.2) is 4.98 Å². The van der Waals surface area contributed by atoms with E-state index in [0.29, 0.717) is 0 Å². The van der Waals surface area contributed by atoms with Gasteiger partial charge in [0.05, 0.1) is 0 Å². The van der Waals surface area contributed by atoms with Crippen molar-refractivity contribution in [3.05, 3.63) is 60.2 Å². The molecule has 2 aromatic heterocycles. The second-order valence-electron chi connectivity index (χ2n) is 3.38. The molecule has 2 N–H and O–H groups in total. The van der Waals surface area contributed by atoms with Crippen LogP contribution in [0, 0.1) is 0 Å². The summed E-state index contributed by atoms with van der Waals surface area (Å²) in [5.74, 6) is 0. The predicted octanol–water partition coefficient (Wildman–Crippen LogP) is 1.19. The number of hydrogen-bond acceptors (Lipinski definition) is 2. The molecule has 0 saturated heterocycles. The van der Waals surface area contributed by atoms with E-state index in [1.807, 2.05) is 30.7 Å². The summed E-state index contributed by atoms with van der Waals surface area (Å²) in [5, 5.41) is 3.36. The minimum atomic E-state index is 0.850. The van der Waals surface area contributed by atoms with Crippen LogP contribution < -0.4 is 10.3 Å². The van der Waals surface area contributed by atoms with E-state index >= 15 is 0 Å². The Morgan fingerprint density at radius 3 is 2.73 bits per heavy atom. The number of aromatic amines is 1. The fourth-order valence-electron chi connectivity index (χ4n) is 1.39. The predicted molar refractivity (Wildman–Crippen MR) is 57.8 cm³/mol. The highest BCUT2D eigenvalue weighted by atomic mass is 14.9. The van der Waals surface area contributed by atoms with Gasteiger partial charge in [0, 0.05) is 37.1 Å². The van der Waals surface area contributed by atoms with Gasteiger partial charge in [-0.15, -0.1) is 0 Å². The summed E-state index contributed by atoms with van der Waals surface area (Å²) in [6.07, 6.45) is 7.57. The summed E-state index contributed by atoms with van der Waals surface area (Å²) in [6, 6.07) is 8.11. The van der Waals surface area contributed by atoms with Crippen LogP contribution in [0.25, 0.3) is 0 Å². The topological polar surface area (TPSA) is 39.1 Å². The Balaban J connectivity index is 1.81. The molecule has 2 rings (SSSR count). The molecule has 0 bridgehead atoms. The quantitative estimate of drug-likeness (QED) is 0.805. The first kappa shape index (κ1) is 9.80. The maximum Gasteiger partial charge on any atom is 0.171 e. The van der Waals surface area contributed by atoms with Gasteiger partial charge in [-0.05, 0) is 17.7 Å². The van der Waals surface area contributed by atoms with Gasteiger partial charge in [0.15, 0.2) is 12.4 Å². The smallest absolute Gasteiger partial charge is 0.171 e. The third-order valence-corrected chi connectivity index (χ3v) is 2.15. The van der Waals surface area contributed by atoms with Gasteiger partial charge >= 0.3 is 0 Å². The molecule has 2 aromatic rings. The van der Waals surface area contributed by atoms with E-state index in [0.717, 1.165) is 13.1 Å². The Morgan fingerprint density at radius 2 is 2.00 bits per heavy atom. The second-order valence-corrected chi connectivity index (χ2v) is 3.38. The van der Waals surface area contributed by atoms with Gasteiger partial charge in [0.25, 0.3) is 0 Å². The fraction of sp³-hybridized carbons (Fsp3) is 0.167. The molecule has 0 aliphatic rings. The number of hydrogen-bond donors (Lipinski definition) is 1. The Labute approximate surface area is 89.2 Å². The lowest BCUT2D eigenvalue weighted by Gasteiger charge is -2.02. The van der Waals surface area contributed by atoms with Crippen LogP contribution in [-0.2, 0) is 13.1 Å². The average molecular weight is 200 g/mol. The van der Waals surface area contributed by atoms with E-state index in [4.69, 9.17) is 0 Å². The first-order valence-electron chi connectivity index (χ1n) is 5.00. The molecule has 0 fully saturated rings. The molecule has 0 unspecified atom stereocenters. The standard InChI is InChI=1S/C12H13N3/c1-3-11(7-13-5-1)9-15-10-12-4-2-6-14-8-12/h1-8,15H,9-10H2/p+1. The lowest BCUT2D eigenvalue weighted by molar-refractivity contribution is -0.378. The monoisotopic (exact) mass is 200 g/mol. The van der Waals surface area contributed by atoms with Crippen molar-refractivity contribution in [2.45, 2.75) is 13.1 Å². The number of H-pyrrole nitrogens is 1. The fourth-order valence-corrected chi connectivity index (χ4v) is 1.39. The Morgan fingerprint density at radius 1 is 1.13 bits per heavy atom. The van der Waals surface area contributed by atoms with E-state index in [9.17, 15) is 0 Å². The molecular formula is C12H14N3+. The summed E-state index contributed by atoms with van der Waals surface area (Å²) in [5.41, 5.74) is 2.46. The number of aromatic nitrogens is 2. The molecule has 0 aromatic carbocycles. The molecule has 2 heterocycles. The van der Waals surface area contributed by atoms with Crippen molar-refractivity contribution in [1.82, 2.24) is 10.3 Å². The SMILES string of the molecule is c1cncc(CNCc2ccc[nH+]c2)c1. The zero-order valence-corrected chi connectivity index (χ0v) is 8.48. The summed E-state index contributed by atoms with van der Waals surface area (Å²) in [6.45, 7) is 1.72. The first-order chi connectivity index (χ1) is 7.45. The lowest BCUT2D eigenvalue weighted by Crippen LogP contribution is -2.14. The van der Waals surface area contributed by atoms with Crippen LogP contribution in [0.1, 0.15) is 11.1 Å². The Hall–Kier alpha value is -1.74. The third kappa shape index (κ3) is 3.14. The van der Waals surface area contributed by atoms with Crippen molar-refractivity contribution < 1.29 is 4.98 Å². The van der Waals surface area contributed by atoms with E-state index in [1.165, 1.54) is 11.1 Å². The summed E-state index contributed by atoms with van der Waals surface area (Å²) in [4.78, 5) is 7.12. The summed E-state index contributed by atoms with van der Waals surface area (Å²) < 4.78 is 0. The molecule has 76 valence electrons. The van der Waals surface area contributed by atoms with E-state index in [-0.39, 0.29) is 0 Å². The van der Waals surface area contributed by atoms with Gasteiger partial charge in [-0.1, -0.05) is 6.07 Å². The molecule has 0 atom stereocenters. The van der Waals surface area contributed by atoms with Crippen molar-refractivity contribution in [2.75, 3.05) is 0 Å². The number of pyridine rings is 2. The number of nitrogens with zero attached hydrogens (tertiary/aromatic N) is 1. The van der Waals surface area contributed by atoms with Crippen molar-refractivity contribution in [1.29, 1.82) is 0 Å². The molecule has 0 aliphatic heterocycles. The highest BCUT2D eigenvalue weighted by Crippen LogP contribution is 1.96. The first-order valence-corrected chi connectivity index (χ1v) is 5.00. The van der Waals surface area contributed by atoms with Crippen molar-refractivity contribution in [2.24, 2.45) is 0 Å². The molecule has 0 saturated carbocycles. The van der Waals surface area contributed by atoms with Crippen LogP contribution in [0.2, 0.25) is 0 Å². The zero-order valence-electron chi connectivity index (χ0n) is 8.48. The highest BCUT2D eigenvalue weighted by Gasteiger charge is 1.95. The normalized spacial score (nSPS) is 10.1. The molecule has 0 spiro atoms. The summed E-state index contributed by atoms with van der Waals surface area (Å²) in [7, 11) is 0. The van der Waals surface area contributed by atoms with Crippen LogP contribution in [0.3, 0.4) is 0 Å². The van der Waals surface area contributed by atoms with Crippen molar-refractivity contribution >= 4 is 0 Å². The zero-order chi connectivity index (χ0) is 10.3. The van der Waals surface area contributed by atoms with Gasteiger partial charge in [-0.2, -0.15) is 0 Å². The van der Waals surface area contributed by atoms with Gasteiger partial charge < -0.3 is 5.32 Å². The third-order valence-electron chi connectivity index (χ3n) is 2.15. The molecule has 0 radical (unpaired) electrons. The highest BCUT2D eigenvalue weighted by molar-refractivity contribution is 5.09. The Bertz CT molecular complexity index is 347.